The lowest BCUT2D eigenvalue weighted by Crippen LogP contribution is -2.26. The Morgan fingerprint density at radius 1 is 0.438 bits per heavy atom. The van der Waals surface area contributed by atoms with Crippen LogP contribution in [-0.2, 0) is 21.7 Å². The van der Waals surface area contributed by atoms with Crippen LogP contribution in [0.5, 0.6) is 11.5 Å². The normalized spacial score (nSPS) is 13.7. The molecule has 3 heterocycles. The summed E-state index contributed by atoms with van der Waals surface area (Å²) in [5.41, 5.74) is 12.9. The highest BCUT2D eigenvalue weighted by Crippen LogP contribution is 2.42. The molecule has 0 saturated heterocycles. The number of ether oxygens (including phenoxy) is 1. The molecule has 0 aliphatic carbocycles. The van der Waals surface area contributed by atoms with E-state index in [0.29, 0.717) is 6.67 Å². The summed E-state index contributed by atoms with van der Waals surface area (Å²) in [5.74, 6) is 2.42. The van der Waals surface area contributed by atoms with Crippen LogP contribution in [0.25, 0.3) is 38.8 Å². The Hall–Kier alpha value is -6.59. The molecule has 5 heteroatoms. The average molecular weight is 843 g/mol. The molecule has 1 aliphatic heterocycles. The zero-order valence-electron chi connectivity index (χ0n) is 39.5. The predicted molar refractivity (Wildman–Crippen MR) is 271 cm³/mol. The van der Waals surface area contributed by atoms with Crippen molar-refractivity contribution in [3.8, 4) is 28.4 Å². The maximum atomic E-state index is 6.97. The summed E-state index contributed by atoms with van der Waals surface area (Å²) < 4.78 is 9.28. The molecule has 0 fully saturated rings. The van der Waals surface area contributed by atoms with Gasteiger partial charge in [-0.3, -0.25) is 4.57 Å². The van der Waals surface area contributed by atoms with E-state index >= 15 is 0 Å². The van der Waals surface area contributed by atoms with Gasteiger partial charge in [-0.1, -0.05) is 149 Å². The summed E-state index contributed by atoms with van der Waals surface area (Å²) in [5, 5.41) is 2.34. The zero-order valence-corrected chi connectivity index (χ0v) is 39.5. The Labute approximate surface area is 380 Å². The van der Waals surface area contributed by atoms with Crippen molar-refractivity contribution >= 4 is 33.2 Å². The molecule has 0 N–H and O–H groups in total. The number of hydrogen-bond donors (Lipinski definition) is 0. The number of aromatic nitrogens is 2. The number of nitrogens with zero attached hydrogens (tertiary/aromatic N) is 4. The van der Waals surface area contributed by atoms with Crippen molar-refractivity contribution in [1.29, 1.82) is 0 Å². The molecule has 0 bridgehead atoms. The van der Waals surface area contributed by atoms with Crippen molar-refractivity contribution in [2.75, 3.05) is 16.5 Å². The van der Waals surface area contributed by atoms with E-state index in [1.807, 2.05) is 6.20 Å². The molecule has 0 atom stereocenters. The lowest BCUT2D eigenvalue weighted by atomic mass is 9.78. The number of benzene rings is 6. The summed E-state index contributed by atoms with van der Waals surface area (Å²) in [6.07, 6.45) is 6.33. The number of rotatable bonds is 8. The first-order valence-corrected chi connectivity index (χ1v) is 22.7. The van der Waals surface area contributed by atoms with E-state index in [2.05, 4.69) is 249 Å². The fourth-order valence-electron chi connectivity index (χ4n) is 8.87. The number of anilines is 2. The van der Waals surface area contributed by atoms with Crippen molar-refractivity contribution in [2.45, 2.75) is 97.8 Å². The van der Waals surface area contributed by atoms with E-state index in [9.17, 15) is 0 Å². The van der Waals surface area contributed by atoms with E-state index in [1.165, 1.54) is 38.9 Å². The molecule has 0 amide bonds. The molecule has 1 aliphatic rings. The van der Waals surface area contributed by atoms with E-state index in [-0.39, 0.29) is 21.7 Å². The van der Waals surface area contributed by atoms with Gasteiger partial charge in [0.1, 0.15) is 17.3 Å². The van der Waals surface area contributed by atoms with E-state index < -0.39 is 0 Å². The third kappa shape index (κ3) is 8.32. The second-order valence-electron chi connectivity index (χ2n) is 21.2. The van der Waals surface area contributed by atoms with Crippen molar-refractivity contribution in [2.24, 2.45) is 0 Å². The van der Waals surface area contributed by atoms with Crippen LogP contribution >= 0.6 is 0 Å². The van der Waals surface area contributed by atoms with Crippen LogP contribution in [0.1, 0.15) is 104 Å². The Kier molecular flexibility index (Phi) is 10.6. The van der Waals surface area contributed by atoms with Crippen molar-refractivity contribution < 1.29 is 4.74 Å². The van der Waals surface area contributed by atoms with Gasteiger partial charge in [-0.25, -0.2) is 4.98 Å². The molecule has 8 aromatic rings. The zero-order chi connectivity index (χ0) is 45.2. The van der Waals surface area contributed by atoms with Gasteiger partial charge in [0.15, 0.2) is 0 Å². The van der Waals surface area contributed by atoms with Crippen molar-refractivity contribution in [3.63, 3.8) is 0 Å². The van der Waals surface area contributed by atoms with Gasteiger partial charge in [-0.15, -0.1) is 0 Å². The van der Waals surface area contributed by atoms with Gasteiger partial charge in [0.2, 0.25) is 0 Å². The second-order valence-corrected chi connectivity index (χ2v) is 21.2. The Morgan fingerprint density at radius 2 is 1.06 bits per heavy atom. The average Bonchev–Trinajstić information content (AvgIpc) is 3.89. The first-order chi connectivity index (χ1) is 30.3. The summed E-state index contributed by atoms with van der Waals surface area (Å²) >= 11 is 0. The molecule has 5 nitrogen and oxygen atoms in total. The lowest BCUT2D eigenvalue weighted by molar-refractivity contribution is 0.483. The standard InChI is InChI=1S/C59H62N4O/c1-56(2,3)43-26-27-60-55(36-43)63-53-25-22-44(59(10,11)42-20-16-13-17-21-42)35-52(53)51-24-23-49(38-54(51)63)64-50-31-41(40-18-14-12-15-19-40)30-47(37-50)61-28-29-62(39-61)48-33-45(57(4,5)6)32-46(34-48)58(7,8)9/h12-38H,39H2,1-11H3. The summed E-state index contributed by atoms with van der Waals surface area (Å²) in [7, 11) is 0. The van der Waals surface area contributed by atoms with Crippen LogP contribution < -0.4 is 14.5 Å². The third-order valence-corrected chi connectivity index (χ3v) is 13.1. The minimum atomic E-state index is -0.188. The summed E-state index contributed by atoms with van der Waals surface area (Å²) in [6.45, 7) is 25.8. The molecule has 9 rings (SSSR count). The van der Waals surface area contributed by atoms with Gasteiger partial charge in [0.05, 0.1) is 17.7 Å². The largest absolute Gasteiger partial charge is 0.457 e. The monoisotopic (exact) mass is 842 g/mol. The van der Waals surface area contributed by atoms with Gasteiger partial charge < -0.3 is 14.5 Å². The SMILES string of the molecule is CC(C)(C)c1cc(N2C=CN(c3cc(Oc4ccc5c6cc(C(C)(C)c7ccccc7)ccc6n(-c6cc(C(C)(C)C)ccn6)c5c4)cc(-c4ccccc4)c3)C2)cc(C(C)(C)C)c1. The topological polar surface area (TPSA) is 33.5 Å². The minimum Gasteiger partial charge on any atom is -0.457 e. The number of hydrogen-bond acceptors (Lipinski definition) is 4. The molecular formula is C59H62N4O. The van der Waals surface area contributed by atoms with Gasteiger partial charge in [0.25, 0.3) is 0 Å². The minimum absolute atomic E-state index is 0.0297. The Balaban J connectivity index is 1.13. The highest BCUT2D eigenvalue weighted by Gasteiger charge is 2.27. The van der Waals surface area contributed by atoms with Crippen LogP contribution in [-0.4, -0.2) is 16.2 Å². The molecule has 0 unspecified atom stereocenters. The van der Waals surface area contributed by atoms with E-state index in [0.717, 1.165) is 50.6 Å². The van der Waals surface area contributed by atoms with Gasteiger partial charge in [-0.2, -0.15) is 0 Å². The van der Waals surface area contributed by atoms with Crippen molar-refractivity contribution in [3.05, 3.63) is 192 Å². The Morgan fingerprint density at radius 3 is 1.70 bits per heavy atom. The van der Waals surface area contributed by atoms with Crippen molar-refractivity contribution in [1.82, 2.24) is 9.55 Å². The molecule has 0 saturated carbocycles. The molecule has 2 aromatic heterocycles. The fourth-order valence-corrected chi connectivity index (χ4v) is 8.87. The quantitative estimate of drug-likeness (QED) is 0.153. The van der Waals surface area contributed by atoms with Crippen LogP contribution in [0.2, 0.25) is 0 Å². The molecule has 64 heavy (non-hydrogen) atoms. The molecule has 0 radical (unpaired) electrons. The van der Waals surface area contributed by atoms with Gasteiger partial charge >= 0.3 is 0 Å². The number of pyridine rings is 1. The maximum Gasteiger partial charge on any atom is 0.137 e. The van der Waals surface area contributed by atoms with Crippen LogP contribution in [0.15, 0.2) is 164 Å². The van der Waals surface area contributed by atoms with Crippen LogP contribution in [0.3, 0.4) is 0 Å². The van der Waals surface area contributed by atoms with Gasteiger partial charge in [0, 0.05) is 58.3 Å². The Bertz CT molecular complexity index is 2990. The van der Waals surface area contributed by atoms with Crippen LogP contribution in [0, 0.1) is 0 Å². The first-order valence-electron chi connectivity index (χ1n) is 22.7. The second kappa shape index (κ2) is 15.9. The molecule has 324 valence electrons. The predicted octanol–water partition coefficient (Wildman–Crippen LogP) is 15.6. The lowest BCUT2D eigenvalue weighted by Gasteiger charge is -2.29. The first kappa shape index (κ1) is 42.7. The third-order valence-electron chi connectivity index (χ3n) is 13.1. The summed E-state index contributed by atoms with van der Waals surface area (Å²) in [4.78, 5) is 9.65. The number of fused-ring (bicyclic) bond motifs is 3. The van der Waals surface area contributed by atoms with E-state index in [4.69, 9.17) is 9.72 Å². The highest BCUT2D eigenvalue weighted by atomic mass is 16.5. The van der Waals surface area contributed by atoms with Gasteiger partial charge in [-0.05, 0) is 116 Å². The fraction of sp³-hybridized carbons (Fsp3) is 0.271. The summed E-state index contributed by atoms with van der Waals surface area (Å²) in [6, 6.07) is 52.9. The van der Waals surface area contributed by atoms with Crippen LogP contribution in [0.4, 0.5) is 11.4 Å². The molecular weight excluding hydrogens is 781 g/mol. The maximum absolute atomic E-state index is 6.97. The molecule has 6 aromatic carbocycles. The smallest absolute Gasteiger partial charge is 0.137 e. The van der Waals surface area contributed by atoms with E-state index in [1.54, 1.807) is 0 Å². The molecule has 0 spiro atoms. The highest BCUT2D eigenvalue weighted by molar-refractivity contribution is 6.10.